The van der Waals surface area contributed by atoms with E-state index in [4.69, 9.17) is 14.0 Å². The monoisotopic (exact) mass is 402 g/mol. The van der Waals surface area contributed by atoms with E-state index in [1.165, 1.54) is 13.2 Å². The predicted octanol–water partition coefficient (Wildman–Crippen LogP) is 3.66. The fourth-order valence-corrected chi connectivity index (χ4v) is 3.65. The lowest BCUT2D eigenvalue weighted by molar-refractivity contribution is -0.137. The van der Waals surface area contributed by atoms with Gasteiger partial charge in [-0.25, -0.2) is 8.42 Å². The van der Waals surface area contributed by atoms with Gasteiger partial charge in [0, 0.05) is 0 Å². The van der Waals surface area contributed by atoms with E-state index in [1.54, 1.807) is 12.1 Å². The van der Waals surface area contributed by atoms with Gasteiger partial charge in [0.15, 0.2) is 11.4 Å². The first kappa shape index (κ1) is 18.8. The maximum Gasteiger partial charge on any atom is 0.416 e. The summed E-state index contributed by atoms with van der Waals surface area (Å²) >= 11 is 0. The zero-order valence-electron chi connectivity index (χ0n) is 14.0. The number of nitrogens with zero attached hydrogens (tertiary/aromatic N) is 1. The van der Waals surface area contributed by atoms with Gasteiger partial charge in [-0.3, -0.25) is 4.72 Å². The third kappa shape index (κ3) is 3.50. The Kier molecular flexibility index (Phi) is 4.64. The number of nitrogens with one attached hydrogen (secondary N) is 1. The first-order chi connectivity index (χ1) is 12.7. The van der Waals surface area contributed by atoms with Crippen LogP contribution >= 0.6 is 0 Å². The smallest absolute Gasteiger partial charge is 0.416 e. The molecule has 11 heteroatoms. The Balaban J connectivity index is 2.11. The zero-order chi connectivity index (χ0) is 19.8. The van der Waals surface area contributed by atoms with Crippen LogP contribution in [0.4, 0.5) is 19.0 Å². The van der Waals surface area contributed by atoms with Crippen LogP contribution in [0, 0.1) is 0 Å². The van der Waals surface area contributed by atoms with Crippen LogP contribution in [0.25, 0.3) is 11.0 Å². The number of hydrogen-bond acceptors (Lipinski definition) is 6. The molecule has 27 heavy (non-hydrogen) atoms. The third-order valence-electron chi connectivity index (χ3n) is 3.69. The molecule has 0 saturated heterocycles. The molecule has 0 aliphatic heterocycles. The molecule has 0 spiro atoms. The first-order valence-electron chi connectivity index (χ1n) is 7.38. The first-order valence-corrected chi connectivity index (χ1v) is 8.86. The minimum atomic E-state index is -4.72. The highest BCUT2D eigenvalue weighted by Crippen LogP contribution is 2.37. The van der Waals surface area contributed by atoms with Gasteiger partial charge in [0.2, 0.25) is 0 Å². The highest BCUT2D eigenvalue weighted by molar-refractivity contribution is 7.92. The van der Waals surface area contributed by atoms with E-state index in [9.17, 15) is 21.6 Å². The Morgan fingerprint density at radius 2 is 1.78 bits per heavy atom. The average molecular weight is 402 g/mol. The van der Waals surface area contributed by atoms with Gasteiger partial charge >= 0.3 is 6.18 Å². The summed E-state index contributed by atoms with van der Waals surface area (Å²) in [4.78, 5) is -0.689. The number of fused-ring (bicyclic) bond motifs is 1. The summed E-state index contributed by atoms with van der Waals surface area (Å²) in [6.07, 6.45) is -4.72. The molecule has 0 fully saturated rings. The van der Waals surface area contributed by atoms with Gasteiger partial charge in [0.05, 0.1) is 19.8 Å². The Labute approximate surface area is 151 Å². The van der Waals surface area contributed by atoms with Crippen molar-refractivity contribution < 1.29 is 35.6 Å². The molecule has 3 rings (SSSR count). The van der Waals surface area contributed by atoms with Gasteiger partial charge < -0.3 is 14.0 Å². The van der Waals surface area contributed by atoms with Crippen molar-refractivity contribution in [3.05, 3.63) is 42.0 Å². The molecule has 0 aliphatic rings. The molecule has 0 saturated carbocycles. The minimum absolute atomic E-state index is 0.220. The summed E-state index contributed by atoms with van der Waals surface area (Å²) in [6.45, 7) is 0. The Morgan fingerprint density at radius 1 is 1.07 bits per heavy atom. The quantitative estimate of drug-likeness (QED) is 0.700. The molecule has 0 aliphatic carbocycles. The van der Waals surface area contributed by atoms with E-state index in [0.717, 1.165) is 19.2 Å². The summed E-state index contributed by atoms with van der Waals surface area (Å²) in [7, 11) is -1.96. The Morgan fingerprint density at radius 3 is 2.41 bits per heavy atom. The lowest BCUT2D eigenvalue weighted by atomic mass is 10.2. The van der Waals surface area contributed by atoms with Gasteiger partial charge in [-0.2, -0.15) is 13.2 Å². The largest absolute Gasteiger partial charge is 0.496 e. The van der Waals surface area contributed by atoms with E-state index < -0.39 is 26.7 Å². The van der Waals surface area contributed by atoms with Gasteiger partial charge in [0.25, 0.3) is 10.0 Å². The van der Waals surface area contributed by atoms with Crippen LogP contribution in [0.1, 0.15) is 5.56 Å². The van der Waals surface area contributed by atoms with E-state index in [0.29, 0.717) is 6.07 Å². The number of aromatic nitrogens is 1. The van der Waals surface area contributed by atoms with E-state index in [1.807, 2.05) is 0 Å². The number of sulfonamides is 1. The summed E-state index contributed by atoms with van der Waals surface area (Å²) in [5.41, 5.74) is -0.894. The zero-order valence-corrected chi connectivity index (χ0v) is 14.8. The fourth-order valence-electron chi connectivity index (χ4n) is 2.45. The maximum atomic E-state index is 13.0. The Hall–Kier alpha value is -2.95. The van der Waals surface area contributed by atoms with Gasteiger partial charge in [-0.05, 0) is 30.3 Å². The van der Waals surface area contributed by atoms with Crippen molar-refractivity contribution in [3.8, 4) is 11.5 Å². The molecule has 0 atom stereocenters. The third-order valence-corrected chi connectivity index (χ3v) is 5.05. The molecule has 7 nitrogen and oxygen atoms in total. The van der Waals surface area contributed by atoms with E-state index >= 15 is 0 Å². The SMILES string of the molecule is COc1ccc(C(F)(F)F)cc1S(=O)(=O)Nc1noc2cccc(OC)c12. The average Bonchev–Trinajstić information content (AvgIpc) is 3.02. The molecule has 0 unspecified atom stereocenters. The predicted molar refractivity (Wildman–Crippen MR) is 89.4 cm³/mol. The number of hydrogen-bond donors (Lipinski definition) is 1. The molecule has 0 bridgehead atoms. The summed E-state index contributed by atoms with van der Waals surface area (Å²) < 4.78 is 81.6. The molecule has 1 N–H and O–H groups in total. The van der Waals surface area contributed by atoms with Crippen LogP contribution in [0.2, 0.25) is 0 Å². The molecule has 144 valence electrons. The second kappa shape index (κ2) is 6.65. The van der Waals surface area contributed by atoms with Crippen molar-refractivity contribution >= 4 is 26.8 Å². The molecule has 2 aromatic carbocycles. The van der Waals surface area contributed by atoms with Crippen LogP contribution in [0.15, 0.2) is 45.8 Å². The normalized spacial score (nSPS) is 12.2. The molecule has 3 aromatic rings. The van der Waals surface area contributed by atoms with Crippen molar-refractivity contribution in [1.82, 2.24) is 5.16 Å². The molecule has 0 radical (unpaired) electrons. The maximum absolute atomic E-state index is 13.0. The number of halogens is 3. The van der Waals surface area contributed by atoms with Crippen LogP contribution < -0.4 is 14.2 Å². The number of benzene rings is 2. The lowest BCUT2D eigenvalue weighted by Crippen LogP contribution is -2.16. The second-order valence-corrected chi connectivity index (χ2v) is 6.98. The van der Waals surface area contributed by atoms with Crippen molar-refractivity contribution in [2.24, 2.45) is 0 Å². The number of ether oxygens (including phenoxy) is 2. The summed E-state index contributed by atoms with van der Waals surface area (Å²) in [6, 6.07) is 6.85. The van der Waals surface area contributed by atoms with E-state index in [2.05, 4.69) is 9.88 Å². The Bertz CT molecular complexity index is 1090. The van der Waals surface area contributed by atoms with Gasteiger partial charge in [-0.15, -0.1) is 0 Å². The highest BCUT2D eigenvalue weighted by Gasteiger charge is 2.33. The van der Waals surface area contributed by atoms with Crippen molar-refractivity contribution in [2.45, 2.75) is 11.1 Å². The molecule has 1 aromatic heterocycles. The molecular weight excluding hydrogens is 389 g/mol. The van der Waals surface area contributed by atoms with Crippen molar-refractivity contribution in [2.75, 3.05) is 18.9 Å². The number of anilines is 1. The van der Waals surface area contributed by atoms with Crippen LogP contribution in [-0.4, -0.2) is 27.8 Å². The van der Waals surface area contributed by atoms with Gasteiger partial charge in [0.1, 0.15) is 21.8 Å². The number of rotatable bonds is 5. The topological polar surface area (TPSA) is 90.7 Å². The molecule has 1 heterocycles. The summed E-state index contributed by atoms with van der Waals surface area (Å²) in [5.74, 6) is -0.195. The number of alkyl halides is 3. The lowest BCUT2D eigenvalue weighted by Gasteiger charge is -2.13. The van der Waals surface area contributed by atoms with Crippen LogP contribution in [-0.2, 0) is 16.2 Å². The fraction of sp³-hybridized carbons (Fsp3) is 0.188. The minimum Gasteiger partial charge on any atom is -0.496 e. The molecular formula is C16H13F3N2O5S. The standard InChI is InChI=1S/C16H13F3N2O5S/c1-24-10-7-6-9(16(17,18)19)8-13(10)27(22,23)21-15-14-11(25-2)4-3-5-12(14)26-20-15/h3-8H,1-2H3,(H,20,21). The van der Waals surface area contributed by atoms with Crippen molar-refractivity contribution in [3.63, 3.8) is 0 Å². The summed E-state index contributed by atoms with van der Waals surface area (Å²) in [5, 5.41) is 3.86. The van der Waals surface area contributed by atoms with Crippen LogP contribution in [0.5, 0.6) is 11.5 Å². The van der Waals surface area contributed by atoms with Crippen molar-refractivity contribution in [1.29, 1.82) is 0 Å². The molecule has 0 amide bonds. The number of methoxy groups -OCH3 is 2. The van der Waals surface area contributed by atoms with E-state index in [-0.39, 0.29) is 28.3 Å². The second-order valence-electron chi connectivity index (χ2n) is 5.33. The van der Waals surface area contributed by atoms with Gasteiger partial charge in [-0.1, -0.05) is 11.2 Å². The van der Waals surface area contributed by atoms with Crippen LogP contribution in [0.3, 0.4) is 0 Å². The highest BCUT2D eigenvalue weighted by atomic mass is 32.2.